The van der Waals surface area contributed by atoms with Gasteiger partial charge in [-0.15, -0.1) is 0 Å². The molecule has 1 aliphatic heterocycles. The van der Waals surface area contributed by atoms with Gasteiger partial charge in [0.2, 0.25) is 0 Å². The monoisotopic (exact) mass is 506 g/mol. The van der Waals surface area contributed by atoms with Crippen molar-refractivity contribution in [3.8, 4) is 5.75 Å². The predicted octanol–water partition coefficient (Wildman–Crippen LogP) is 3.68. The number of hydrogen-bond acceptors (Lipinski definition) is 6. The molecule has 198 valence electrons. The molecule has 0 bridgehead atoms. The van der Waals surface area contributed by atoms with E-state index < -0.39 is 29.9 Å². The molecule has 7 heteroatoms. The smallest absolute Gasteiger partial charge is 0.310 e. The minimum atomic E-state index is -0.953. The van der Waals surface area contributed by atoms with E-state index in [0.717, 1.165) is 50.3 Å². The van der Waals surface area contributed by atoms with Crippen molar-refractivity contribution in [2.45, 2.75) is 31.8 Å². The lowest BCUT2D eigenvalue weighted by molar-refractivity contribution is -0.164. The molecule has 0 aromatic heterocycles. The molecule has 2 aromatic rings. The molecular formula is C30H38N2O5. The number of carbonyl (C=O) groups excluding carboxylic acids is 1. The standard InChI is InChI=1S/C30H38N2O5/c1-31-17-19-32(20-18-31)21-25(37-30(35)27-13-7-6-12-26(27)29(33)34)22-36-28-14-8-5-11-24(28)16-15-23-9-3-2-4-10-23/h2-11,14,25-27H,12-13,15-22H2,1H3,(H,33,34). The van der Waals surface area contributed by atoms with Gasteiger partial charge in [-0.25, -0.2) is 0 Å². The number of piperazine rings is 1. The first-order chi connectivity index (χ1) is 18.0. The Bertz CT molecular complexity index is 1050. The van der Waals surface area contributed by atoms with Crippen LogP contribution < -0.4 is 4.74 Å². The second-order valence-corrected chi connectivity index (χ2v) is 10.1. The van der Waals surface area contributed by atoms with Crippen LogP contribution in [0.5, 0.6) is 5.75 Å². The summed E-state index contributed by atoms with van der Waals surface area (Å²) in [6.45, 7) is 4.48. The summed E-state index contributed by atoms with van der Waals surface area (Å²) in [6.07, 6.45) is 5.72. The predicted molar refractivity (Wildman–Crippen MR) is 143 cm³/mol. The molecule has 1 N–H and O–H groups in total. The highest BCUT2D eigenvalue weighted by Gasteiger charge is 2.36. The van der Waals surface area contributed by atoms with Gasteiger partial charge in [-0.1, -0.05) is 60.7 Å². The number of benzene rings is 2. The van der Waals surface area contributed by atoms with Gasteiger partial charge in [-0.3, -0.25) is 14.5 Å². The molecule has 3 atom stereocenters. The maximum absolute atomic E-state index is 13.2. The van der Waals surface area contributed by atoms with Crippen molar-refractivity contribution >= 4 is 11.9 Å². The second-order valence-electron chi connectivity index (χ2n) is 10.1. The molecule has 2 aliphatic rings. The van der Waals surface area contributed by atoms with Crippen LogP contribution in [0.15, 0.2) is 66.7 Å². The SMILES string of the molecule is CN1CCN(CC(COc2ccccc2CCc2ccccc2)OC(=O)C2CC=CCC2C(=O)O)CC1. The van der Waals surface area contributed by atoms with Gasteiger partial charge in [0.1, 0.15) is 18.5 Å². The number of allylic oxidation sites excluding steroid dienone is 2. The average Bonchev–Trinajstić information content (AvgIpc) is 2.92. The van der Waals surface area contributed by atoms with Crippen LogP contribution in [-0.2, 0) is 27.2 Å². The quantitative estimate of drug-likeness (QED) is 0.368. The summed E-state index contributed by atoms with van der Waals surface area (Å²) in [5.74, 6) is -2.03. The highest BCUT2D eigenvalue weighted by Crippen LogP contribution is 2.28. The summed E-state index contributed by atoms with van der Waals surface area (Å²) in [7, 11) is 2.10. The number of likely N-dealkylation sites (N-methyl/N-ethyl adjacent to an activating group) is 1. The van der Waals surface area contributed by atoms with Crippen molar-refractivity contribution in [1.82, 2.24) is 9.80 Å². The van der Waals surface area contributed by atoms with E-state index in [1.54, 1.807) is 0 Å². The number of carbonyl (C=O) groups is 2. The van der Waals surface area contributed by atoms with Crippen LogP contribution in [0.25, 0.3) is 0 Å². The Morgan fingerprint density at radius 3 is 2.32 bits per heavy atom. The number of rotatable bonds is 11. The number of aryl methyl sites for hydroxylation is 2. The molecule has 4 rings (SSSR count). The molecule has 0 spiro atoms. The first kappa shape index (κ1) is 26.9. The lowest BCUT2D eigenvalue weighted by Crippen LogP contribution is -2.49. The van der Waals surface area contributed by atoms with Crippen LogP contribution in [0, 0.1) is 11.8 Å². The number of ether oxygens (including phenoxy) is 2. The Morgan fingerprint density at radius 1 is 0.919 bits per heavy atom. The van der Waals surface area contributed by atoms with Crippen molar-refractivity contribution in [2.75, 3.05) is 46.4 Å². The molecule has 2 aromatic carbocycles. The number of hydrogen-bond donors (Lipinski definition) is 1. The van der Waals surface area contributed by atoms with E-state index in [1.807, 2.05) is 48.6 Å². The van der Waals surface area contributed by atoms with Crippen LogP contribution >= 0.6 is 0 Å². The highest BCUT2D eigenvalue weighted by atomic mass is 16.6. The van der Waals surface area contributed by atoms with Crippen molar-refractivity contribution < 1.29 is 24.2 Å². The molecule has 0 radical (unpaired) electrons. The molecule has 1 heterocycles. The summed E-state index contributed by atoms with van der Waals surface area (Å²) in [6, 6.07) is 18.4. The third-order valence-electron chi connectivity index (χ3n) is 7.32. The van der Waals surface area contributed by atoms with E-state index in [4.69, 9.17) is 9.47 Å². The van der Waals surface area contributed by atoms with E-state index in [-0.39, 0.29) is 6.61 Å². The molecule has 0 amide bonds. The molecule has 1 aliphatic carbocycles. The molecule has 3 unspecified atom stereocenters. The maximum Gasteiger partial charge on any atom is 0.310 e. The molecule has 37 heavy (non-hydrogen) atoms. The minimum absolute atomic E-state index is 0.223. The van der Waals surface area contributed by atoms with Gasteiger partial charge in [0.15, 0.2) is 0 Å². The van der Waals surface area contributed by atoms with Crippen molar-refractivity contribution in [2.24, 2.45) is 11.8 Å². The van der Waals surface area contributed by atoms with E-state index in [2.05, 4.69) is 35.0 Å². The third kappa shape index (κ3) is 7.91. The molecule has 1 saturated heterocycles. The van der Waals surface area contributed by atoms with Crippen LogP contribution in [0.3, 0.4) is 0 Å². The highest BCUT2D eigenvalue weighted by molar-refractivity contribution is 5.81. The summed E-state index contributed by atoms with van der Waals surface area (Å²) in [4.78, 5) is 29.5. The zero-order valence-corrected chi connectivity index (χ0v) is 21.6. The number of aliphatic carboxylic acids is 1. The van der Waals surface area contributed by atoms with Crippen LogP contribution in [0.2, 0.25) is 0 Å². The summed E-state index contributed by atoms with van der Waals surface area (Å²) in [5.41, 5.74) is 2.38. The zero-order chi connectivity index (χ0) is 26.0. The Hall–Kier alpha value is -3.16. The lowest BCUT2D eigenvalue weighted by atomic mass is 9.83. The zero-order valence-electron chi connectivity index (χ0n) is 21.6. The van der Waals surface area contributed by atoms with E-state index in [1.165, 1.54) is 5.56 Å². The van der Waals surface area contributed by atoms with Crippen molar-refractivity contribution in [1.29, 1.82) is 0 Å². The first-order valence-corrected chi connectivity index (χ1v) is 13.2. The Morgan fingerprint density at radius 2 is 1.59 bits per heavy atom. The van der Waals surface area contributed by atoms with Gasteiger partial charge in [0.05, 0.1) is 11.8 Å². The third-order valence-corrected chi connectivity index (χ3v) is 7.32. The number of carboxylic acid groups (broad SMARTS) is 1. The van der Waals surface area contributed by atoms with Gasteiger partial charge in [-0.2, -0.15) is 0 Å². The maximum atomic E-state index is 13.2. The normalized spacial score (nSPS) is 21.3. The Kier molecular flexibility index (Phi) is 9.74. The number of nitrogens with zero attached hydrogens (tertiary/aromatic N) is 2. The number of para-hydroxylation sites is 1. The summed E-state index contributed by atoms with van der Waals surface area (Å²) in [5, 5.41) is 9.61. The summed E-state index contributed by atoms with van der Waals surface area (Å²) >= 11 is 0. The lowest BCUT2D eigenvalue weighted by Gasteiger charge is -2.35. The number of carboxylic acids is 1. The first-order valence-electron chi connectivity index (χ1n) is 13.2. The van der Waals surface area contributed by atoms with Crippen LogP contribution in [-0.4, -0.2) is 79.3 Å². The summed E-state index contributed by atoms with van der Waals surface area (Å²) < 4.78 is 12.2. The van der Waals surface area contributed by atoms with Crippen molar-refractivity contribution in [3.63, 3.8) is 0 Å². The van der Waals surface area contributed by atoms with E-state index in [9.17, 15) is 14.7 Å². The van der Waals surface area contributed by atoms with E-state index >= 15 is 0 Å². The molecule has 0 saturated carbocycles. The topological polar surface area (TPSA) is 79.3 Å². The fourth-order valence-electron chi connectivity index (χ4n) is 5.00. The molecule has 7 nitrogen and oxygen atoms in total. The largest absolute Gasteiger partial charge is 0.489 e. The van der Waals surface area contributed by atoms with Gasteiger partial charge in [-0.05, 0) is 49.9 Å². The average molecular weight is 507 g/mol. The van der Waals surface area contributed by atoms with Gasteiger partial charge < -0.3 is 19.5 Å². The van der Waals surface area contributed by atoms with Gasteiger partial charge in [0.25, 0.3) is 0 Å². The fourth-order valence-corrected chi connectivity index (χ4v) is 5.00. The van der Waals surface area contributed by atoms with Crippen molar-refractivity contribution in [3.05, 3.63) is 77.9 Å². The number of esters is 1. The van der Waals surface area contributed by atoms with Gasteiger partial charge in [0, 0.05) is 32.7 Å². The Labute approximate surface area is 219 Å². The minimum Gasteiger partial charge on any atom is -0.489 e. The second kappa shape index (κ2) is 13.4. The fraction of sp³-hybridized carbons (Fsp3) is 0.467. The Balaban J connectivity index is 1.42. The van der Waals surface area contributed by atoms with E-state index in [0.29, 0.717) is 19.4 Å². The van der Waals surface area contributed by atoms with Crippen LogP contribution in [0.4, 0.5) is 0 Å². The molecular weight excluding hydrogens is 468 g/mol. The van der Waals surface area contributed by atoms with Crippen LogP contribution in [0.1, 0.15) is 24.0 Å². The molecule has 1 fully saturated rings. The van der Waals surface area contributed by atoms with Gasteiger partial charge >= 0.3 is 11.9 Å².